The van der Waals surface area contributed by atoms with Gasteiger partial charge in [0.05, 0.1) is 13.7 Å². The molecule has 2 heterocycles. The second-order valence-electron chi connectivity index (χ2n) is 4.42. The van der Waals surface area contributed by atoms with Crippen LogP contribution in [0.25, 0.3) is 10.4 Å². The Kier molecular flexibility index (Phi) is 3.71. The van der Waals surface area contributed by atoms with Crippen LogP contribution in [0.5, 0.6) is 5.75 Å². The summed E-state index contributed by atoms with van der Waals surface area (Å²) >= 11 is 1.40. The van der Waals surface area contributed by atoms with Gasteiger partial charge in [0.1, 0.15) is 23.3 Å². The molecule has 1 aromatic carbocycles. The van der Waals surface area contributed by atoms with Crippen LogP contribution in [-0.4, -0.2) is 32.4 Å². The smallest absolute Gasteiger partial charge is 0.348 e. The molecule has 1 aliphatic rings. The third-order valence-electron chi connectivity index (χ3n) is 2.97. The van der Waals surface area contributed by atoms with Crippen LogP contribution < -0.4 is 4.74 Å². The molecule has 1 aromatic heterocycles. The van der Waals surface area contributed by atoms with Crippen molar-refractivity contribution in [1.82, 2.24) is 0 Å². The Balaban J connectivity index is 1.84. The molecule has 2 aromatic rings. The Morgan fingerprint density at radius 3 is 2.90 bits per heavy atom. The Hall–Kier alpha value is -1.85. The van der Waals surface area contributed by atoms with E-state index in [1.807, 2.05) is 30.3 Å². The number of benzene rings is 1. The number of rotatable bonds is 5. The van der Waals surface area contributed by atoms with Crippen LogP contribution in [-0.2, 0) is 9.47 Å². The normalized spacial score (nSPS) is 16.8. The summed E-state index contributed by atoms with van der Waals surface area (Å²) < 4.78 is 15.6. The fourth-order valence-electron chi connectivity index (χ4n) is 1.84. The summed E-state index contributed by atoms with van der Waals surface area (Å²) in [6.45, 7) is 1.33. The molecule has 1 aliphatic heterocycles. The quantitative estimate of drug-likeness (QED) is 0.627. The summed E-state index contributed by atoms with van der Waals surface area (Å²) in [6.07, 6.45) is 0.219. The maximum absolute atomic E-state index is 11.5. The van der Waals surface area contributed by atoms with Crippen molar-refractivity contribution >= 4 is 17.3 Å². The first kappa shape index (κ1) is 13.1. The van der Waals surface area contributed by atoms with E-state index in [-0.39, 0.29) is 12.1 Å². The Bertz CT molecular complexity index is 616. The predicted molar refractivity (Wildman–Crippen MR) is 76.3 cm³/mol. The minimum atomic E-state index is -0.314. The molecule has 0 amide bonds. The minimum absolute atomic E-state index is 0.219. The van der Waals surface area contributed by atoms with Crippen molar-refractivity contribution in [2.45, 2.75) is 6.10 Å². The van der Waals surface area contributed by atoms with Crippen LogP contribution in [0.4, 0.5) is 0 Å². The molecule has 0 radical (unpaired) electrons. The zero-order chi connectivity index (χ0) is 13.9. The number of carbonyl (C=O) groups excluding carboxylic acids is 1. The molecule has 5 heteroatoms. The second-order valence-corrected chi connectivity index (χ2v) is 5.50. The van der Waals surface area contributed by atoms with Crippen LogP contribution in [0.2, 0.25) is 0 Å². The van der Waals surface area contributed by atoms with Crippen LogP contribution in [0, 0.1) is 0 Å². The van der Waals surface area contributed by atoms with Gasteiger partial charge in [-0.15, -0.1) is 11.3 Å². The lowest BCUT2D eigenvalue weighted by Gasteiger charge is -2.08. The minimum Gasteiger partial charge on any atom is -0.490 e. The van der Waals surface area contributed by atoms with Gasteiger partial charge in [-0.05, 0) is 24.3 Å². The van der Waals surface area contributed by atoms with Gasteiger partial charge in [-0.25, -0.2) is 4.79 Å². The number of thiophene rings is 1. The molecule has 4 nitrogen and oxygen atoms in total. The van der Waals surface area contributed by atoms with Gasteiger partial charge in [0.25, 0.3) is 0 Å². The van der Waals surface area contributed by atoms with E-state index in [0.717, 1.165) is 22.8 Å². The topological polar surface area (TPSA) is 48.1 Å². The number of hydrogen-bond donors (Lipinski definition) is 0. The van der Waals surface area contributed by atoms with Crippen molar-refractivity contribution in [3.05, 3.63) is 41.3 Å². The molecule has 0 N–H and O–H groups in total. The van der Waals surface area contributed by atoms with Gasteiger partial charge in [0.2, 0.25) is 0 Å². The van der Waals surface area contributed by atoms with Gasteiger partial charge in [0.15, 0.2) is 0 Å². The van der Waals surface area contributed by atoms with Crippen LogP contribution in [0.15, 0.2) is 36.4 Å². The zero-order valence-electron chi connectivity index (χ0n) is 11.0. The number of para-hydroxylation sites is 1. The van der Waals surface area contributed by atoms with E-state index >= 15 is 0 Å². The SMILES string of the molecule is COC(=O)c1ccc(-c2ccccc2OC[C@@H]2CO2)s1. The summed E-state index contributed by atoms with van der Waals surface area (Å²) in [4.78, 5) is 13.1. The van der Waals surface area contributed by atoms with Crippen LogP contribution >= 0.6 is 11.3 Å². The number of hydrogen-bond acceptors (Lipinski definition) is 5. The standard InChI is InChI=1S/C15H14O4S/c1-17-15(16)14-7-6-13(20-14)11-4-2-3-5-12(11)19-9-10-8-18-10/h2-7,10H,8-9H2,1H3/t10-/m0/s1. The van der Waals surface area contributed by atoms with E-state index in [1.54, 1.807) is 6.07 Å². The predicted octanol–water partition coefficient (Wildman–Crippen LogP) is 2.98. The maximum atomic E-state index is 11.5. The summed E-state index contributed by atoms with van der Waals surface area (Å²) in [5.41, 5.74) is 0.980. The van der Waals surface area contributed by atoms with Crippen molar-refractivity contribution < 1.29 is 19.0 Å². The lowest BCUT2D eigenvalue weighted by molar-refractivity contribution is 0.0606. The molecule has 0 aliphatic carbocycles. The number of epoxide rings is 1. The van der Waals surface area contributed by atoms with E-state index in [1.165, 1.54) is 18.4 Å². The highest BCUT2D eigenvalue weighted by atomic mass is 32.1. The van der Waals surface area contributed by atoms with Crippen LogP contribution in [0.3, 0.4) is 0 Å². The highest BCUT2D eigenvalue weighted by Crippen LogP contribution is 2.35. The van der Waals surface area contributed by atoms with Crippen molar-refractivity contribution in [3.8, 4) is 16.2 Å². The number of methoxy groups -OCH3 is 1. The number of ether oxygens (including phenoxy) is 3. The van der Waals surface area contributed by atoms with E-state index in [0.29, 0.717) is 11.5 Å². The Morgan fingerprint density at radius 2 is 2.15 bits per heavy atom. The van der Waals surface area contributed by atoms with Crippen molar-refractivity contribution in [2.24, 2.45) is 0 Å². The summed E-state index contributed by atoms with van der Waals surface area (Å²) in [5.74, 6) is 0.493. The average Bonchev–Trinajstić information content (AvgIpc) is 3.19. The number of carbonyl (C=O) groups is 1. The van der Waals surface area contributed by atoms with E-state index < -0.39 is 0 Å². The average molecular weight is 290 g/mol. The monoisotopic (exact) mass is 290 g/mol. The van der Waals surface area contributed by atoms with Gasteiger partial charge >= 0.3 is 5.97 Å². The highest BCUT2D eigenvalue weighted by Gasteiger charge is 2.23. The third-order valence-corrected chi connectivity index (χ3v) is 4.07. The van der Waals surface area contributed by atoms with E-state index in [2.05, 4.69) is 0 Å². The van der Waals surface area contributed by atoms with Crippen LogP contribution in [0.1, 0.15) is 9.67 Å². The van der Waals surface area contributed by atoms with Gasteiger partial charge in [-0.3, -0.25) is 0 Å². The number of esters is 1. The molecule has 20 heavy (non-hydrogen) atoms. The summed E-state index contributed by atoms with van der Waals surface area (Å²) in [5, 5.41) is 0. The highest BCUT2D eigenvalue weighted by molar-refractivity contribution is 7.17. The first-order valence-electron chi connectivity index (χ1n) is 6.30. The molecule has 1 atom stereocenters. The molecular weight excluding hydrogens is 276 g/mol. The van der Waals surface area contributed by atoms with Crippen molar-refractivity contribution in [3.63, 3.8) is 0 Å². The summed E-state index contributed by atoms with van der Waals surface area (Å²) in [7, 11) is 1.38. The van der Waals surface area contributed by atoms with Gasteiger partial charge in [-0.1, -0.05) is 12.1 Å². The molecule has 0 unspecified atom stereocenters. The molecule has 3 rings (SSSR count). The van der Waals surface area contributed by atoms with E-state index in [9.17, 15) is 4.79 Å². The molecule has 0 saturated carbocycles. The van der Waals surface area contributed by atoms with Gasteiger partial charge in [-0.2, -0.15) is 0 Å². The molecule has 0 spiro atoms. The molecule has 1 saturated heterocycles. The van der Waals surface area contributed by atoms with Gasteiger partial charge < -0.3 is 14.2 Å². The lowest BCUT2D eigenvalue weighted by Crippen LogP contribution is -2.04. The second kappa shape index (κ2) is 5.64. The summed E-state index contributed by atoms with van der Waals surface area (Å²) in [6, 6.07) is 11.5. The molecule has 1 fully saturated rings. The van der Waals surface area contributed by atoms with Gasteiger partial charge in [0, 0.05) is 10.4 Å². The third kappa shape index (κ3) is 2.84. The first-order valence-corrected chi connectivity index (χ1v) is 7.11. The Morgan fingerprint density at radius 1 is 1.35 bits per heavy atom. The molecule has 104 valence electrons. The Labute approximate surface area is 120 Å². The fraction of sp³-hybridized carbons (Fsp3) is 0.267. The molecule has 0 bridgehead atoms. The van der Waals surface area contributed by atoms with Crippen molar-refractivity contribution in [2.75, 3.05) is 20.3 Å². The fourth-order valence-corrected chi connectivity index (χ4v) is 2.79. The van der Waals surface area contributed by atoms with Crippen molar-refractivity contribution in [1.29, 1.82) is 0 Å². The lowest BCUT2D eigenvalue weighted by atomic mass is 10.1. The first-order chi connectivity index (χ1) is 9.78. The zero-order valence-corrected chi connectivity index (χ0v) is 11.8. The largest absolute Gasteiger partial charge is 0.490 e. The molecular formula is C15H14O4S. The van der Waals surface area contributed by atoms with E-state index in [4.69, 9.17) is 14.2 Å². The maximum Gasteiger partial charge on any atom is 0.348 e.